The normalized spacial score (nSPS) is 9.64. The van der Waals surface area contributed by atoms with Crippen LogP contribution < -0.4 is 49.1 Å². The number of nitrogens with one attached hydrogen (secondary N) is 6. The molecular formula is C108H143BBr5N13O11Pd2-2. The van der Waals surface area contributed by atoms with E-state index in [0.717, 1.165) is 74.3 Å². The fraction of sp³-hybridized carbons (Fsp3) is 0.259. The first-order valence-electron chi connectivity index (χ1n) is 44.2. The molecule has 0 aliphatic heterocycles. The van der Waals surface area contributed by atoms with Crippen LogP contribution in [0.3, 0.4) is 0 Å². The van der Waals surface area contributed by atoms with Crippen LogP contribution >= 0.6 is 79.1 Å². The van der Waals surface area contributed by atoms with Gasteiger partial charge in [-0.1, -0.05) is 164 Å². The minimum Gasteiger partial charge on any atom is -0.508 e. The Kier molecular flexibility index (Phi) is 73.2. The smallest absolute Gasteiger partial charge is 0.369 e. The maximum atomic E-state index is 10.6. The SMILES string of the molecule is BrB(Br)Br.CC(C)Nc1ccc(Cc2ccc(N)cc2)cc1.CC(C)Nc1ccc(Cc2ccc(O)cc2)cc1.CC(C)Nc1ccc(Cc2ccc([N+](=O)[O-])cc2)cc1.CC(C)Nc1ccc(N)cc1.CC(C)Nc1ccc([N+](=O)[O-])cc1.CCO.CCO.Cc1ccc(Br)cc1.Cc1ccc(Cc2ccc(NC(C)C)cc2)cc1.Nc1ccc([N+](=O)[O-])cc1.O=[N+]([O-])c1ccc(Br)cc1.[CH3-].[CH3-].[HH].[HH].[Pd].[Pd]. The van der Waals surface area contributed by atoms with Crippen molar-refractivity contribution in [1.29, 1.82) is 0 Å². The molecule has 0 amide bonds. The number of nitrogens with two attached hydrogens (primary N) is 3. The molecule has 15 N–H and O–H groups in total. The van der Waals surface area contributed by atoms with Gasteiger partial charge >= 0.3 is 3.18 Å². The number of nitro groups is 4. The van der Waals surface area contributed by atoms with Gasteiger partial charge in [-0.05, 0) is 327 Å². The van der Waals surface area contributed by atoms with Gasteiger partial charge in [0.05, 0.1) is 19.7 Å². The van der Waals surface area contributed by atoms with E-state index in [0.29, 0.717) is 47.7 Å². The number of nitrogens with zero attached hydrogens (tertiary/aromatic N) is 4. The van der Waals surface area contributed by atoms with Gasteiger partial charge in [-0.15, -0.1) is 47.3 Å². The van der Waals surface area contributed by atoms with Crippen molar-refractivity contribution >= 4 is 156 Å². The maximum Gasteiger partial charge on any atom is 0.369 e. The Hall–Kier alpha value is -10.8. The fourth-order valence-electron chi connectivity index (χ4n) is 11.5. The van der Waals surface area contributed by atoms with E-state index in [2.05, 4.69) is 340 Å². The zero-order chi connectivity index (χ0) is 102. The summed E-state index contributed by atoms with van der Waals surface area (Å²) in [7, 11) is 0. The Morgan fingerprint density at radius 2 is 0.414 bits per heavy atom. The van der Waals surface area contributed by atoms with Gasteiger partial charge in [0.15, 0.2) is 0 Å². The first-order valence-corrected chi connectivity index (χ1v) is 48.5. The van der Waals surface area contributed by atoms with Crippen molar-refractivity contribution < 1.29 is 78.7 Å². The number of aliphatic hydroxyl groups is 2. The number of nitrogen functional groups attached to an aromatic ring is 3. The molecule has 0 aliphatic rings. The Labute approximate surface area is 903 Å². The Morgan fingerprint density at radius 3 is 0.614 bits per heavy atom. The summed E-state index contributed by atoms with van der Waals surface area (Å²) in [5, 5.41) is 85.4. The number of anilines is 9. The molecule has 0 heterocycles. The number of non-ortho nitro benzene ring substituents is 4. The van der Waals surface area contributed by atoms with Crippen molar-refractivity contribution in [3.8, 4) is 5.75 Å². The van der Waals surface area contributed by atoms with E-state index in [1.54, 1.807) is 74.5 Å². The standard InChI is InChI=1S/C17H21N.C16H18N2O2.C16H20N2.C16H19NO.C9H12N2O2.C9H14N2.C7H7Br.C6H4BrNO2.C6H6N2O2.2C2H6O.2CH3.BBr3.2Pd.2H2/c1-13(2)18-17-10-8-16(9-11-17)12-15-6-4-14(3)5-7-15;1-12(2)17-15-7-3-13(4-8-15)11-14-5-9-16(10-6-14)18(19)20;1-12(2)18-16-9-5-14(6-10-16)11-13-3-7-15(17)8-4-13;1-12(2)17-15-7-3-13(4-8-15)11-14-5-9-16(18)10-6-14;1-7(2)10-8-3-5-9(6-4-8)11(12)13;1-7(2)11-9-5-3-8(10)4-6-9;1-6-2-4-7(8)5-3-6;2*7-5-1-3-6(4-2-5)8(9)10;2*1-2-3;;;2-1(3)4;;;;/h4-11,13,18H,12H2,1-3H3;3-10,12,17H,11H2,1-2H3;3-10,12,18H,11,17H2,1-2H3;3-10,12,17-18H,11H2,1-2H3;3-7,10H,1-2H3;3-7,11H,10H2,1-2H3;2-5H,1H3;1-4H;1-4H,7H2;2*3H,2H2,1H3;2*1H3;;;;2*1H/q;;;;;;;;;;;2*-1;;;;;. The number of aromatic hydroxyl groups is 1. The second-order valence-corrected chi connectivity index (χ2v) is 40.6. The number of rotatable bonds is 24. The van der Waals surface area contributed by atoms with E-state index in [-0.39, 0.29) is 103 Å². The van der Waals surface area contributed by atoms with Crippen molar-refractivity contribution in [2.24, 2.45) is 0 Å². The van der Waals surface area contributed by atoms with Gasteiger partial charge in [0.1, 0.15) is 5.75 Å². The molecular weight excluding hydrogens is 2280 g/mol. The van der Waals surface area contributed by atoms with Crippen LogP contribution in [-0.4, -0.2) is 87.7 Å². The molecule has 32 heteroatoms. The molecule has 13 aromatic rings. The van der Waals surface area contributed by atoms with Gasteiger partial charge in [0.25, 0.3) is 22.7 Å². The minimum absolute atomic E-state index is 0. The zero-order valence-electron chi connectivity index (χ0n) is 83.0. The quantitative estimate of drug-likeness (QED) is 0.00879. The van der Waals surface area contributed by atoms with Crippen LogP contribution in [0.2, 0.25) is 0 Å². The minimum atomic E-state index is -0.459. The van der Waals surface area contributed by atoms with E-state index in [1.165, 1.54) is 110 Å². The summed E-state index contributed by atoms with van der Waals surface area (Å²) in [4.78, 5) is 39.4. The van der Waals surface area contributed by atoms with Gasteiger partial charge < -0.3 is 79.3 Å². The molecule has 140 heavy (non-hydrogen) atoms. The van der Waals surface area contributed by atoms with Crippen LogP contribution in [0.4, 0.5) is 73.9 Å². The largest absolute Gasteiger partial charge is 0.508 e. The first kappa shape index (κ1) is 133. The molecule has 0 saturated carbocycles. The number of benzene rings is 13. The van der Waals surface area contributed by atoms with Crippen LogP contribution in [0.5, 0.6) is 5.75 Å². The van der Waals surface area contributed by atoms with Crippen molar-refractivity contribution in [3.05, 3.63) is 435 Å². The summed E-state index contributed by atoms with van der Waals surface area (Å²) in [5.74, 6) is 0.315. The molecule has 0 radical (unpaired) electrons. The molecule has 13 rings (SSSR count). The number of nitro benzene ring substituents is 4. The van der Waals surface area contributed by atoms with Crippen LogP contribution in [0.25, 0.3) is 0 Å². The van der Waals surface area contributed by atoms with E-state index in [1.807, 2.05) is 74.5 Å². The van der Waals surface area contributed by atoms with E-state index >= 15 is 0 Å². The van der Waals surface area contributed by atoms with Crippen molar-refractivity contribution in [2.45, 2.75) is 173 Å². The Balaban J connectivity index is -0.000000492. The fourth-order valence-corrected chi connectivity index (χ4v) is 12.0. The summed E-state index contributed by atoms with van der Waals surface area (Å²) in [5.41, 5.74) is 38.4. The molecule has 0 bridgehead atoms. The number of aliphatic hydroxyl groups excluding tert-OH is 2. The third-order valence-electron chi connectivity index (χ3n) is 17.5. The number of phenolic OH excluding ortho intramolecular Hbond substituents is 1. The second kappa shape index (κ2) is 76.9. The van der Waals surface area contributed by atoms with Gasteiger partial charge in [-0.25, -0.2) is 0 Å². The average molecular weight is 2420 g/mol. The van der Waals surface area contributed by atoms with Crippen LogP contribution in [0.1, 0.15) is 155 Å². The topological polar surface area (TPSA) is 383 Å². The molecule has 766 valence electrons. The van der Waals surface area contributed by atoms with Gasteiger partial charge in [-0.3, -0.25) is 40.5 Å². The number of phenols is 1. The van der Waals surface area contributed by atoms with Crippen LogP contribution in [0.15, 0.2) is 324 Å². The summed E-state index contributed by atoms with van der Waals surface area (Å²) in [6.07, 6.45) is 3.62. The first-order chi connectivity index (χ1) is 64.5. The summed E-state index contributed by atoms with van der Waals surface area (Å²) in [6.45, 7) is 33.4. The Bertz CT molecular complexity index is 5120. The number of hydrogen-bond acceptors (Lipinski definition) is 20. The van der Waals surface area contributed by atoms with E-state index < -0.39 is 14.8 Å². The van der Waals surface area contributed by atoms with Crippen molar-refractivity contribution in [3.63, 3.8) is 0 Å². The third-order valence-corrected chi connectivity index (χ3v) is 18.6. The molecule has 0 aliphatic carbocycles. The summed E-state index contributed by atoms with van der Waals surface area (Å²) in [6, 6.07) is 102. The predicted molar refractivity (Wildman–Crippen MR) is 609 cm³/mol. The zero-order valence-corrected chi connectivity index (χ0v) is 94.0. The van der Waals surface area contributed by atoms with Gasteiger partial charge in [0, 0.05) is 202 Å². The Morgan fingerprint density at radius 1 is 0.286 bits per heavy atom. The molecule has 0 atom stereocenters. The van der Waals surface area contributed by atoms with Gasteiger partial charge in [0.2, 0.25) is 0 Å². The number of halogens is 5. The number of aryl methyl sites for hydroxylation is 2. The molecule has 24 nitrogen and oxygen atoms in total. The molecule has 0 saturated heterocycles. The van der Waals surface area contributed by atoms with Crippen molar-refractivity contribution in [1.82, 2.24) is 0 Å². The molecule has 13 aromatic carbocycles. The molecule has 0 fully saturated rings. The molecule has 0 spiro atoms. The monoisotopic (exact) mass is 2420 g/mol. The summed E-state index contributed by atoms with van der Waals surface area (Å²) >= 11 is 15.8. The summed E-state index contributed by atoms with van der Waals surface area (Å²) < 4.78 is 2.26. The second-order valence-electron chi connectivity index (χ2n) is 32.3. The maximum absolute atomic E-state index is 10.6. The van der Waals surface area contributed by atoms with Crippen LogP contribution in [-0.2, 0) is 66.5 Å². The van der Waals surface area contributed by atoms with E-state index in [4.69, 9.17) is 27.4 Å². The molecule has 0 aromatic heterocycles. The number of hydrogen-bond donors (Lipinski definition) is 12. The van der Waals surface area contributed by atoms with E-state index in [9.17, 15) is 45.6 Å². The molecule has 0 unspecified atom stereocenters. The average Bonchev–Trinajstić information content (AvgIpc) is 0.706. The van der Waals surface area contributed by atoms with Crippen molar-refractivity contribution in [2.75, 3.05) is 62.3 Å². The van der Waals surface area contributed by atoms with Gasteiger partial charge in [-0.2, -0.15) is 0 Å². The third kappa shape index (κ3) is 66.0. The van der Waals surface area contributed by atoms with Crippen LogP contribution in [0, 0.1) is 69.2 Å². The predicted octanol–water partition coefficient (Wildman–Crippen LogP) is 30.2.